The molecule has 2 aromatic rings. The number of benzene rings is 1. The molecule has 0 bridgehead atoms. The third-order valence-corrected chi connectivity index (χ3v) is 4.33. The van der Waals surface area contributed by atoms with E-state index in [-0.39, 0.29) is 11.9 Å². The second kappa shape index (κ2) is 6.83. The molecule has 21 heavy (non-hydrogen) atoms. The van der Waals surface area contributed by atoms with Crippen molar-refractivity contribution >= 4 is 17.2 Å². The number of carbonyl (C=O) groups is 1. The van der Waals surface area contributed by atoms with Crippen molar-refractivity contribution in [1.29, 1.82) is 0 Å². The maximum absolute atomic E-state index is 12.6. The number of aromatic nitrogens is 1. The summed E-state index contributed by atoms with van der Waals surface area (Å²) in [5, 5.41) is 1.81. The van der Waals surface area contributed by atoms with E-state index in [2.05, 4.69) is 17.1 Å². The summed E-state index contributed by atoms with van der Waals surface area (Å²) in [6, 6.07) is 10.4. The van der Waals surface area contributed by atoms with E-state index >= 15 is 0 Å². The molecule has 0 spiro atoms. The van der Waals surface area contributed by atoms with Gasteiger partial charge in [0, 0.05) is 18.5 Å². The Bertz CT molecular complexity index is 565. The second-order valence-corrected chi connectivity index (χ2v) is 5.84. The molecule has 0 saturated carbocycles. The van der Waals surface area contributed by atoms with Crippen molar-refractivity contribution in [3.63, 3.8) is 0 Å². The quantitative estimate of drug-likeness (QED) is 0.852. The van der Waals surface area contributed by atoms with E-state index in [1.54, 1.807) is 5.51 Å². The van der Waals surface area contributed by atoms with Gasteiger partial charge in [0.2, 0.25) is 0 Å². The average molecular weight is 302 g/mol. The zero-order valence-electron chi connectivity index (χ0n) is 11.8. The summed E-state index contributed by atoms with van der Waals surface area (Å²) in [6.45, 7) is 2.07. The molecule has 5 heteroatoms. The van der Waals surface area contributed by atoms with Crippen molar-refractivity contribution in [3.05, 3.63) is 52.5 Å². The molecule has 4 nitrogen and oxygen atoms in total. The Balaban J connectivity index is 1.71. The van der Waals surface area contributed by atoms with Gasteiger partial charge in [-0.05, 0) is 18.4 Å². The predicted molar refractivity (Wildman–Crippen MR) is 82.5 cm³/mol. The van der Waals surface area contributed by atoms with Crippen molar-refractivity contribution in [3.8, 4) is 0 Å². The maximum atomic E-state index is 12.6. The van der Waals surface area contributed by atoms with Crippen molar-refractivity contribution in [2.45, 2.75) is 18.9 Å². The fourth-order valence-electron chi connectivity index (χ4n) is 2.58. The molecule has 1 saturated heterocycles. The molecule has 1 aromatic carbocycles. The summed E-state index contributed by atoms with van der Waals surface area (Å²) in [4.78, 5) is 18.7. The van der Waals surface area contributed by atoms with E-state index in [4.69, 9.17) is 4.74 Å². The molecule has 0 radical (unpaired) electrons. The third-order valence-electron chi connectivity index (χ3n) is 3.74. The highest BCUT2D eigenvalue weighted by Crippen LogP contribution is 2.17. The molecule has 2 heterocycles. The van der Waals surface area contributed by atoms with E-state index in [9.17, 15) is 4.79 Å². The van der Waals surface area contributed by atoms with Gasteiger partial charge in [0.25, 0.3) is 5.91 Å². The Labute approximate surface area is 128 Å². The standard InChI is InChI=1S/C16H18N2O2S/c19-16(15-11-21-12-17-15)18(14-7-9-20-10-14)8-6-13-4-2-1-3-5-13/h1-5,11-12,14H,6-10H2/t14-/m0/s1. The number of carbonyl (C=O) groups excluding carboxylic acids is 1. The highest BCUT2D eigenvalue weighted by Gasteiger charge is 2.28. The minimum Gasteiger partial charge on any atom is -0.379 e. The first-order valence-corrected chi connectivity index (χ1v) is 8.09. The van der Waals surface area contributed by atoms with Crippen LogP contribution >= 0.6 is 11.3 Å². The van der Waals surface area contributed by atoms with Gasteiger partial charge in [0.1, 0.15) is 5.69 Å². The second-order valence-electron chi connectivity index (χ2n) is 5.13. The third kappa shape index (κ3) is 3.49. The molecule has 1 atom stereocenters. The van der Waals surface area contributed by atoms with Gasteiger partial charge in [0.15, 0.2) is 0 Å². The molecule has 1 amide bonds. The van der Waals surface area contributed by atoms with Gasteiger partial charge in [-0.2, -0.15) is 0 Å². The topological polar surface area (TPSA) is 42.4 Å². The zero-order chi connectivity index (χ0) is 14.5. The summed E-state index contributed by atoms with van der Waals surface area (Å²) >= 11 is 1.45. The smallest absolute Gasteiger partial charge is 0.273 e. The van der Waals surface area contributed by atoms with Gasteiger partial charge < -0.3 is 9.64 Å². The van der Waals surface area contributed by atoms with Crippen LogP contribution in [0, 0.1) is 0 Å². The number of hydrogen-bond donors (Lipinski definition) is 0. The number of hydrogen-bond acceptors (Lipinski definition) is 4. The predicted octanol–water partition coefficient (Wildman–Crippen LogP) is 2.62. The summed E-state index contributed by atoms with van der Waals surface area (Å²) in [6.07, 6.45) is 1.76. The Morgan fingerprint density at radius 1 is 1.38 bits per heavy atom. The largest absolute Gasteiger partial charge is 0.379 e. The highest BCUT2D eigenvalue weighted by molar-refractivity contribution is 7.07. The molecule has 0 N–H and O–H groups in total. The first-order valence-electron chi connectivity index (χ1n) is 7.15. The lowest BCUT2D eigenvalue weighted by atomic mass is 10.1. The number of amides is 1. The normalized spacial score (nSPS) is 17.8. The Hall–Kier alpha value is -1.72. The van der Waals surface area contributed by atoms with E-state index in [0.717, 1.165) is 19.4 Å². The van der Waals surface area contributed by atoms with Crippen LogP contribution in [0.5, 0.6) is 0 Å². The van der Waals surface area contributed by atoms with Crippen LogP contribution < -0.4 is 0 Å². The Morgan fingerprint density at radius 2 is 2.24 bits per heavy atom. The van der Waals surface area contributed by atoms with Crippen molar-refractivity contribution < 1.29 is 9.53 Å². The molecule has 1 aromatic heterocycles. The van der Waals surface area contributed by atoms with Gasteiger partial charge in [-0.3, -0.25) is 4.79 Å². The molecular formula is C16H18N2O2S. The summed E-state index contributed by atoms with van der Waals surface area (Å²) in [5.41, 5.74) is 3.49. The van der Waals surface area contributed by atoms with Crippen LogP contribution in [-0.4, -0.2) is 41.6 Å². The van der Waals surface area contributed by atoms with E-state index in [0.29, 0.717) is 18.8 Å². The van der Waals surface area contributed by atoms with Gasteiger partial charge in [-0.25, -0.2) is 4.98 Å². The maximum Gasteiger partial charge on any atom is 0.273 e. The van der Waals surface area contributed by atoms with Crippen LogP contribution in [0.3, 0.4) is 0 Å². The molecule has 110 valence electrons. The molecule has 3 rings (SSSR count). The lowest BCUT2D eigenvalue weighted by Gasteiger charge is -2.27. The van der Waals surface area contributed by atoms with E-state index in [1.165, 1.54) is 16.9 Å². The number of nitrogens with zero attached hydrogens (tertiary/aromatic N) is 2. The van der Waals surface area contributed by atoms with Crippen LogP contribution in [0.25, 0.3) is 0 Å². The van der Waals surface area contributed by atoms with Crippen molar-refractivity contribution in [1.82, 2.24) is 9.88 Å². The van der Waals surface area contributed by atoms with Gasteiger partial charge in [-0.1, -0.05) is 30.3 Å². The summed E-state index contributed by atoms with van der Waals surface area (Å²) < 4.78 is 5.45. The molecular weight excluding hydrogens is 284 g/mol. The molecule has 1 aliphatic rings. The molecule has 0 unspecified atom stereocenters. The average Bonchev–Trinajstić information content (AvgIpc) is 3.22. The fraction of sp³-hybridized carbons (Fsp3) is 0.375. The van der Waals surface area contributed by atoms with Crippen LogP contribution in [0.2, 0.25) is 0 Å². The fourth-order valence-corrected chi connectivity index (χ4v) is 3.10. The monoisotopic (exact) mass is 302 g/mol. The first kappa shape index (κ1) is 14.2. The van der Waals surface area contributed by atoms with Crippen LogP contribution in [-0.2, 0) is 11.2 Å². The lowest BCUT2D eigenvalue weighted by Crippen LogP contribution is -2.42. The van der Waals surface area contributed by atoms with E-state index in [1.807, 2.05) is 28.5 Å². The molecule has 1 aliphatic heterocycles. The first-order chi connectivity index (χ1) is 10.3. The number of ether oxygens (including phenoxy) is 1. The van der Waals surface area contributed by atoms with E-state index < -0.39 is 0 Å². The SMILES string of the molecule is O=C(c1cscn1)N(CCc1ccccc1)[C@H]1CCOC1. The van der Waals surface area contributed by atoms with Gasteiger partial charge in [0.05, 0.1) is 18.2 Å². The van der Waals surface area contributed by atoms with Crippen LogP contribution in [0.15, 0.2) is 41.2 Å². The van der Waals surface area contributed by atoms with Crippen LogP contribution in [0.4, 0.5) is 0 Å². The van der Waals surface area contributed by atoms with Crippen LogP contribution in [0.1, 0.15) is 22.5 Å². The summed E-state index contributed by atoms with van der Waals surface area (Å²) in [7, 11) is 0. The van der Waals surface area contributed by atoms with Crippen molar-refractivity contribution in [2.75, 3.05) is 19.8 Å². The minimum atomic E-state index is 0.0164. The lowest BCUT2D eigenvalue weighted by molar-refractivity contribution is 0.0651. The number of rotatable bonds is 5. The van der Waals surface area contributed by atoms with Gasteiger partial charge >= 0.3 is 0 Å². The zero-order valence-corrected chi connectivity index (χ0v) is 12.6. The summed E-state index contributed by atoms with van der Waals surface area (Å²) in [5.74, 6) is 0.0164. The number of thiazole rings is 1. The minimum absolute atomic E-state index is 0.0164. The molecule has 0 aliphatic carbocycles. The Kier molecular flexibility index (Phi) is 4.62. The van der Waals surface area contributed by atoms with Crippen molar-refractivity contribution in [2.24, 2.45) is 0 Å². The Morgan fingerprint density at radius 3 is 2.90 bits per heavy atom. The highest BCUT2D eigenvalue weighted by atomic mass is 32.1. The molecule has 1 fully saturated rings. The van der Waals surface area contributed by atoms with Gasteiger partial charge in [-0.15, -0.1) is 11.3 Å².